The number of Topliss-reactive ketones (excluding diaryl/α,β-unsaturated/α-hetero) is 1. The van der Waals surface area contributed by atoms with Crippen molar-refractivity contribution >= 4 is 34.0 Å². The molecule has 0 amide bonds. The zero-order valence-corrected chi connectivity index (χ0v) is 21.3. The predicted octanol–water partition coefficient (Wildman–Crippen LogP) is 8.19. The zero-order valence-electron chi connectivity index (χ0n) is 20.5. The van der Waals surface area contributed by atoms with E-state index in [1.165, 1.54) is 6.20 Å². The van der Waals surface area contributed by atoms with E-state index in [4.69, 9.17) is 11.6 Å². The van der Waals surface area contributed by atoms with Crippen LogP contribution in [0.25, 0.3) is 10.8 Å². The van der Waals surface area contributed by atoms with E-state index in [2.05, 4.69) is 40.7 Å². The Morgan fingerprint density at radius 3 is 2.46 bits per heavy atom. The Balaban J connectivity index is 1.40. The summed E-state index contributed by atoms with van der Waals surface area (Å²) in [5, 5.41) is 9.94. The first-order valence-electron chi connectivity index (χ1n) is 12.2. The fourth-order valence-corrected chi connectivity index (χ4v) is 5.30. The van der Waals surface area contributed by atoms with Crippen molar-refractivity contribution in [3.8, 4) is 0 Å². The molecule has 0 radical (unpaired) electrons. The highest BCUT2D eigenvalue weighted by atomic mass is 35.5. The molecule has 1 aromatic heterocycles. The molecular weight excluding hydrogens is 499 g/mol. The molecule has 0 saturated carbocycles. The molecule has 0 saturated heterocycles. The summed E-state index contributed by atoms with van der Waals surface area (Å²) in [7, 11) is 0. The second-order valence-electron chi connectivity index (χ2n) is 10.5. The lowest BCUT2D eigenvalue weighted by molar-refractivity contribution is -0.173. The normalized spacial score (nSPS) is 17.9. The van der Waals surface area contributed by atoms with Gasteiger partial charge >= 0.3 is 6.18 Å². The van der Waals surface area contributed by atoms with Crippen molar-refractivity contribution in [2.24, 2.45) is 5.41 Å². The van der Waals surface area contributed by atoms with Gasteiger partial charge in [-0.05, 0) is 45.9 Å². The van der Waals surface area contributed by atoms with Gasteiger partial charge in [0.2, 0.25) is 0 Å². The van der Waals surface area contributed by atoms with E-state index in [9.17, 15) is 18.0 Å². The van der Waals surface area contributed by atoms with Crippen LogP contribution in [0.5, 0.6) is 0 Å². The van der Waals surface area contributed by atoms with E-state index in [1.807, 2.05) is 26.0 Å². The molecule has 0 bridgehead atoms. The Kier molecular flexibility index (Phi) is 6.52. The maximum Gasteiger partial charge on any atom is 0.410 e. The van der Waals surface area contributed by atoms with Crippen LogP contribution in [0.15, 0.2) is 72.9 Å². The van der Waals surface area contributed by atoms with Gasteiger partial charge in [0.05, 0.1) is 17.8 Å². The summed E-state index contributed by atoms with van der Waals surface area (Å²) in [5.74, 6) is -0.128. The van der Waals surface area contributed by atoms with E-state index < -0.39 is 23.7 Å². The smallest absolute Gasteiger partial charge is 0.363 e. The molecule has 4 nitrogen and oxygen atoms in total. The van der Waals surface area contributed by atoms with Crippen molar-refractivity contribution in [1.82, 2.24) is 9.78 Å². The maximum atomic E-state index is 14.0. The number of rotatable bonds is 6. The summed E-state index contributed by atoms with van der Waals surface area (Å²) in [6.45, 7) is 4.00. The Hall–Kier alpha value is -3.32. The van der Waals surface area contributed by atoms with Crippen molar-refractivity contribution < 1.29 is 18.0 Å². The Bertz CT molecular complexity index is 1440. The number of hydrogen-bond donors (Lipinski definition) is 1. The van der Waals surface area contributed by atoms with Crippen molar-refractivity contribution in [3.05, 3.63) is 94.6 Å². The van der Waals surface area contributed by atoms with Gasteiger partial charge in [0.15, 0.2) is 11.8 Å². The minimum Gasteiger partial charge on any atom is -0.363 e. The summed E-state index contributed by atoms with van der Waals surface area (Å²) in [4.78, 5) is 13.4. The quantitative estimate of drug-likeness (QED) is 0.258. The molecule has 3 aromatic carbocycles. The van der Waals surface area contributed by atoms with Crippen LogP contribution in [-0.2, 0) is 6.42 Å². The van der Waals surface area contributed by atoms with Gasteiger partial charge in [-0.1, -0.05) is 80.0 Å². The fraction of sp³-hybridized carbons (Fsp3) is 0.310. The number of ketones is 1. The van der Waals surface area contributed by atoms with Crippen LogP contribution in [0.1, 0.15) is 60.3 Å². The Labute approximate surface area is 218 Å². The van der Waals surface area contributed by atoms with E-state index >= 15 is 0 Å². The minimum atomic E-state index is -4.51. The maximum absolute atomic E-state index is 14.0. The second-order valence-corrected chi connectivity index (χ2v) is 11.0. The highest BCUT2D eigenvalue weighted by Gasteiger charge is 2.47. The molecule has 5 rings (SSSR count). The van der Waals surface area contributed by atoms with Crippen molar-refractivity contribution in [2.45, 2.75) is 51.4 Å². The number of benzene rings is 3. The van der Waals surface area contributed by atoms with Crippen LogP contribution in [0.4, 0.5) is 19.0 Å². The lowest BCUT2D eigenvalue weighted by Gasteiger charge is -2.34. The van der Waals surface area contributed by atoms with Crippen LogP contribution < -0.4 is 5.32 Å². The molecular formula is C29H27ClF3N3O. The highest BCUT2D eigenvalue weighted by molar-refractivity contribution is 6.30. The van der Waals surface area contributed by atoms with Gasteiger partial charge in [-0.25, -0.2) is 4.68 Å². The van der Waals surface area contributed by atoms with E-state index in [0.717, 1.165) is 21.0 Å². The summed E-state index contributed by atoms with van der Waals surface area (Å²) in [6.07, 6.45) is -2.66. The number of alkyl halides is 3. The third-order valence-electron chi connectivity index (χ3n) is 6.95. The minimum absolute atomic E-state index is 0.111. The molecule has 4 aromatic rings. The number of nitrogens with one attached hydrogen (secondary N) is 1. The third-order valence-corrected chi connectivity index (χ3v) is 7.20. The standard InChI is InChI=1S/C29H27ClF3N3O/c1-28(2,15-18-7-8-19-5-3-4-6-21(19)13-18)16-25(37)23-17-34-36-26(29(31,32)33)14-24(35-27(23)36)20-9-11-22(30)12-10-20/h3-13,17,24,26,35H,14-16H2,1-2H3. The first-order chi connectivity index (χ1) is 17.5. The van der Waals surface area contributed by atoms with Crippen LogP contribution in [0.3, 0.4) is 0 Å². The molecule has 0 fully saturated rings. The summed E-state index contributed by atoms with van der Waals surface area (Å²) < 4.78 is 43.0. The third kappa shape index (κ3) is 5.37. The van der Waals surface area contributed by atoms with E-state index in [0.29, 0.717) is 17.0 Å². The first kappa shape index (κ1) is 25.3. The predicted molar refractivity (Wildman–Crippen MR) is 140 cm³/mol. The second kappa shape index (κ2) is 9.53. The highest BCUT2D eigenvalue weighted by Crippen LogP contribution is 2.45. The largest absolute Gasteiger partial charge is 0.410 e. The average molecular weight is 526 g/mol. The van der Waals surface area contributed by atoms with Gasteiger partial charge in [-0.3, -0.25) is 4.79 Å². The number of fused-ring (bicyclic) bond motifs is 2. The number of aromatic nitrogens is 2. The molecule has 1 aliphatic heterocycles. The molecule has 0 aliphatic carbocycles. The SMILES string of the molecule is CC(C)(CC(=O)c1cnn2c1NC(c1ccc(Cl)cc1)CC2C(F)(F)F)Cc1ccc2ccccc2c1. The lowest BCUT2D eigenvalue weighted by Crippen LogP contribution is -2.36. The summed E-state index contributed by atoms with van der Waals surface area (Å²) in [5.41, 5.74) is 1.54. The molecule has 1 N–H and O–H groups in total. The van der Waals surface area contributed by atoms with E-state index in [-0.39, 0.29) is 30.0 Å². The molecule has 2 heterocycles. The molecule has 1 aliphatic rings. The summed E-state index contributed by atoms with van der Waals surface area (Å²) >= 11 is 5.97. The van der Waals surface area contributed by atoms with Crippen LogP contribution in [0, 0.1) is 5.41 Å². The number of carbonyl (C=O) groups is 1. The number of anilines is 1. The van der Waals surface area contributed by atoms with Crippen molar-refractivity contribution in [3.63, 3.8) is 0 Å². The Morgan fingerprint density at radius 2 is 1.76 bits per heavy atom. The van der Waals surface area contributed by atoms with E-state index in [1.54, 1.807) is 24.3 Å². The topological polar surface area (TPSA) is 46.9 Å². The van der Waals surface area contributed by atoms with Gasteiger partial charge < -0.3 is 5.32 Å². The van der Waals surface area contributed by atoms with Crippen LogP contribution in [0.2, 0.25) is 5.02 Å². The van der Waals surface area contributed by atoms with Gasteiger partial charge in [-0.2, -0.15) is 18.3 Å². The molecule has 37 heavy (non-hydrogen) atoms. The van der Waals surface area contributed by atoms with Gasteiger partial charge in [0.1, 0.15) is 5.82 Å². The molecule has 0 spiro atoms. The molecule has 8 heteroatoms. The van der Waals surface area contributed by atoms with Crippen LogP contribution in [-0.4, -0.2) is 21.7 Å². The van der Waals surface area contributed by atoms with Gasteiger partial charge in [-0.15, -0.1) is 0 Å². The van der Waals surface area contributed by atoms with Crippen molar-refractivity contribution in [2.75, 3.05) is 5.32 Å². The molecule has 2 unspecified atom stereocenters. The molecule has 192 valence electrons. The van der Waals surface area contributed by atoms with Gasteiger partial charge in [0, 0.05) is 17.9 Å². The number of carbonyl (C=O) groups excluding carboxylic acids is 1. The zero-order chi connectivity index (χ0) is 26.4. The Morgan fingerprint density at radius 1 is 1.05 bits per heavy atom. The molecule has 2 atom stereocenters. The van der Waals surface area contributed by atoms with Crippen molar-refractivity contribution in [1.29, 1.82) is 0 Å². The summed E-state index contributed by atoms with van der Waals surface area (Å²) in [6, 6.07) is 18.6. The number of halogens is 4. The first-order valence-corrected chi connectivity index (χ1v) is 12.6. The average Bonchev–Trinajstić information content (AvgIpc) is 3.27. The fourth-order valence-electron chi connectivity index (χ4n) is 5.17. The lowest BCUT2D eigenvalue weighted by atomic mass is 9.80. The monoisotopic (exact) mass is 525 g/mol. The van der Waals surface area contributed by atoms with Crippen LogP contribution >= 0.6 is 11.6 Å². The number of hydrogen-bond acceptors (Lipinski definition) is 3. The number of nitrogens with zero attached hydrogens (tertiary/aromatic N) is 2. The van der Waals surface area contributed by atoms with Gasteiger partial charge in [0.25, 0.3) is 0 Å².